The summed E-state index contributed by atoms with van der Waals surface area (Å²) in [6.45, 7) is 1.05. The lowest BCUT2D eigenvalue weighted by molar-refractivity contribution is 0.659. The molecule has 1 aliphatic carbocycles. The molecular formula is C10H17N3. The summed E-state index contributed by atoms with van der Waals surface area (Å²) in [5.74, 6) is 0. The summed E-state index contributed by atoms with van der Waals surface area (Å²) in [6, 6.07) is 0. The van der Waals surface area contributed by atoms with Crippen LogP contribution in [0.15, 0.2) is 0 Å². The maximum atomic E-state index is 4.53. The van der Waals surface area contributed by atoms with Gasteiger partial charge in [-0.2, -0.15) is 5.10 Å². The van der Waals surface area contributed by atoms with Crippen molar-refractivity contribution in [2.45, 2.75) is 25.7 Å². The van der Waals surface area contributed by atoms with E-state index < -0.39 is 0 Å². The molecule has 1 N–H and O–H groups in total. The van der Waals surface area contributed by atoms with Crippen molar-refractivity contribution in [3.8, 4) is 0 Å². The predicted octanol–water partition coefficient (Wildman–Crippen LogP) is 0.671. The van der Waals surface area contributed by atoms with Crippen LogP contribution in [0.4, 0.5) is 0 Å². The van der Waals surface area contributed by atoms with Gasteiger partial charge in [-0.1, -0.05) is 0 Å². The minimum Gasteiger partial charge on any atom is -0.319 e. The summed E-state index contributed by atoms with van der Waals surface area (Å²) >= 11 is 0. The van der Waals surface area contributed by atoms with Crippen molar-refractivity contribution < 1.29 is 0 Å². The second kappa shape index (κ2) is 3.50. The molecule has 0 unspecified atom stereocenters. The van der Waals surface area contributed by atoms with Crippen LogP contribution in [0, 0.1) is 0 Å². The van der Waals surface area contributed by atoms with Gasteiger partial charge in [0.05, 0.1) is 5.69 Å². The number of fused-ring (bicyclic) bond motifs is 1. The van der Waals surface area contributed by atoms with Gasteiger partial charge in [0, 0.05) is 25.7 Å². The van der Waals surface area contributed by atoms with E-state index in [1.165, 1.54) is 36.2 Å². The molecule has 0 fully saturated rings. The fourth-order valence-electron chi connectivity index (χ4n) is 2.14. The second-order valence-corrected chi connectivity index (χ2v) is 3.70. The first-order valence-corrected chi connectivity index (χ1v) is 5.01. The highest BCUT2D eigenvalue weighted by molar-refractivity contribution is 5.30. The summed E-state index contributed by atoms with van der Waals surface area (Å²) in [5.41, 5.74) is 4.30. The van der Waals surface area contributed by atoms with Crippen LogP contribution >= 0.6 is 0 Å². The molecule has 0 saturated heterocycles. The molecule has 0 spiro atoms. The van der Waals surface area contributed by atoms with Crippen molar-refractivity contribution in [1.29, 1.82) is 0 Å². The maximum Gasteiger partial charge on any atom is 0.0659 e. The summed E-state index contributed by atoms with van der Waals surface area (Å²) in [4.78, 5) is 0. The van der Waals surface area contributed by atoms with Crippen molar-refractivity contribution in [1.82, 2.24) is 15.1 Å². The van der Waals surface area contributed by atoms with E-state index in [2.05, 4.69) is 22.1 Å². The molecule has 0 aromatic carbocycles. The van der Waals surface area contributed by atoms with Gasteiger partial charge in [-0.25, -0.2) is 0 Å². The van der Waals surface area contributed by atoms with E-state index in [-0.39, 0.29) is 0 Å². The first-order chi connectivity index (χ1) is 6.33. The van der Waals surface area contributed by atoms with Crippen LogP contribution in [-0.2, 0) is 26.3 Å². The number of nitrogens with zero attached hydrogens (tertiary/aromatic N) is 2. The van der Waals surface area contributed by atoms with Crippen molar-refractivity contribution in [3.63, 3.8) is 0 Å². The van der Waals surface area contributed by atoms with E-state index in [0.717, 1.165) is 13.0 Å². The van der Waals surface area contributed by atoms with Crippen LogP contribution in [-0.4, -0.2) is 23.4 Å². The Morgan fingerprint density at radius 2 is 2.31 bits per heavy atom. The summed E-state index contributed by atoms with van der Waals surface area (Å²) in [5, 5.41) is 7.72. The number of aromatic nitrogens is 2. The van der Waals surface area contributed by atoms with Gasteiger partial charge in [0.1, 0.15) is 0 Å². The van der Waals surface area contributed by atoms with Gasteiger partial charge in [0.2, 0.25) is 0 Å². The van der Waals surface area contributed by atoms with E-state index in [1.807, 2.05) is 7.05 Å². The van der Waals surface area contributed by atoms with Gasteiger partial charge >= 0.3 is 0 Å². The first-order valence-electron chi connectivity index (χ1n) is 5.01. The Morgan fingerprint density at radius 1 is 1.46 bits per heavy atom. The van der Waals surface area contributed by atoms with Crippen LogP contribution in [0.2, 0.25) is 0 Å². The summed E-state index contributed by atoms with van der Waals surface area (Å²) < 4.78 is 2.06. The predicted molar refractivity (Wildman–Crippen MR) is 52.9 cm³/mol. The van der Waals surface area contributed by atoms with E-state index in [0.29, 0.717) is 0 Å². The lowest BCUT2D eigenvalue weighted by Crippen LogP contribution is -2.13. The zero-order valence-corrected chi connectivity index (χ0v) is 8.43. The average Bonchev–Trinajstić information content (AvgIpc) is 2.62. The minimum atomic E-state index is 1.05. The lowest BCUT2D eigenvalue weighted by atomic mass is 10.1. The van der Waals surface area contributed by atoms with E-state index in [1.54, 1.807) is 0 Å². The molecule has 3 nitrogen and oxygen atoms in total. The quantitative estimate of drug-likeness (QED) is 0.739. The summed E-state index contributed by atoms with van der Waals surface area (Å²) in [7, 11) is 4.06. The zero-order valence-electron chi connectivity index (χ0n) is 8.43. The Bertz CT molecular complexity index is 301. The van der Waals surface area contributed by atoms with Crippen LogP contribution < -0.4 is 5.32 Å². The van der Waals surface area contributed by atoms with Gasteiger partial charge < -0.3 is 5.32 Å². The van der Waals surface area contributed by atoms with Crippen molar-refractivity contribution in [2.75, 3.05) is 13.6 Å². The molecule has 0 radical (unpaired) electrons. The molecule has 1 aliphatic rings. The lowest BCUT2D eigenvalue weighted by Gasteiger charge is -2.03. The van der Waals surface area contributed by atoms with Crippen LogP contribution in [0.5, 0.6) is 0 Å². The second-order valence-electron chi connectivity index (χ2n) is 3.70. The Kier molecular flexibility index (Phi) is 2.36. The monoisotopic (exact) mass is 179 g/mol. The molecule has 72 valence electrons. The topological polar surface area (TPSA) is 29.9 Å². The SMILES string of the molecule is CNCCc1c2c(nn1C)CCC2. The fourth-order valence-corrected chi connectivity index (χ4v) is 2.14. The Hall–Kier alpha value is -0.830. The Labute approximate surface area is 79.1 Å². The maximum absolute atomic E-state index is 4.53. The summed E-state index contributed by atoms with van der Waals surface area (Å²) in [6.07, 6.45) is 4.82. The molecule has 2 rings (SSSR count). The highest BCUT2D eigenvalue weighted by Gasteiger charge is 2.19. The third-order valence-corrected chi connectivity index (χ3v) is 2.81. The molecule has 0 aliphatic heterocycles. The molecule has 1 aromatic heterocycles. The number of rotatable bonds is 3. The normalized spacial score (nSPS) is 14.9. The number of nitrogens with one attached hydrogen (secondary N) is 1. The number of likely N-dealkylation sites (N-methyl/N-ethyl adjacent to an activating group) is 1. The number of aryl methyl sites for hydroxylation is 2. The molecular weight excluding hydrogens is 162 g/mol. The highest BCUT2D eigenvalue weighted by atomic mass is 15.3. The van der Waals surface area contributed by atoms with E-state index in [9.17, 15) is 0 Å². The third kappa shape index (κ3) is 1.48. The molecule has 1 aromatic rings. The third-order valence-electron chi connectivity index (χ3n) is 2.81. The molecule has 0 amide bonds. The van der Waals surface area contributed by atoms with Gasteiger partial charge in [-0.05, 0) is 31.9 Å². The number of hydrogen-bond acceptors (Lipinski definition) is 2. The van der Waals surface area contributed by atoms with Crippen molar-refractivity contribution in [3.05, 3.63) is 17.0 Å². The largest absolute Gasteiger partial charge is 0.319 e. The van der Waals surface area contributed by atoms with Crippen molar-refractivity contribution >= 4 is 0 Å². The highest BCUT2D eigenvalue weighted by Crippen LogP contribution is 2.24. The fraction of sp³-hybridized carbons (Fsp3) is 0.700. The van der Waals surface area contributed by atoms with Gasteiger partial charge in [0.15, 0.2) is 0 Å². The average molecular weight is 179 g/mol. The minimum absolute atomic E-state index is 1.05. The molecule has 0 bridgehead atoms. The standard InChI is InChI=1S/C10H17N3/c1-11-7-6-10-8-4-3-5-9(8)12-13(10)2/h11H,3-7H2,1-2H3. The van der Waals surface area contributed by atoms with Crippen LogP contribution in [0.3, 0.4) is 0 Å². The van der Waals surface area contributed by atoms with Gasteiger partial charge in [-0.15, -0.1) is 0 Å². The van der Waals surface area contributed by atoms with Crippen molar-refractivity contribution in [2.24, 2.45) is 7.05 Å². The molecule has 13 heavy (non-hydrogen) atoms. The molecule has 3 heteroatoms. The Morgan fingerprint density at radius 3 is 3.08 bits per heavy atom. The van der Waals surface area contributed by atoms with Gasteiger partial charge in [0.25, 0.3) is 0 Å². The molecule has 0 saturated carbocycles. The van der Waals surface area contributed by atoms with E-state index >= 15 is 0 Å². The van der Waals surface area contributed by atoms with Crippen LogP contribution in [0.25, 0.3) is 0 Å². The number of hydrogen-bond donors (Lipinski definition) is 1. The zero-order chi connectivity index (χ0) is 9.26. The Balaban J connectivity index is 2.22. The first kappa shape index (κ1) is 8.75. The molecule has 0 atom stereocenters. The van der Waals surface area contributed by atoms with Crippen LogP contribution in [0.1, 0.15) is 23.4 Å². The smallest absolute Gasteiger partial charge is 0.0659 e. The van der Waals surface area contributed by atoms with E-state index in [4.69, 9.17) is 0 Å². The van der Waals surface area contributed by atoms with Gasteiger partial charge in [-0.3, -0.25) is 4.68 Å². The molecule has 1 heterocycles.